The molecule has 1 unspecified atom stereocenters. The van der Waals surface area contributed by atoms with Crippen LogP contribution in [0.15, 0.2) is 0 Å². The van der Waals surface area contributed by atoms with Gasteiger partial charge in [-0.2, -0.15) is 0 Å². The average Bonchev–Trinajstić information content (AvgIpc) is 2.41. The number of likely N-dealkylation sites (N-methyl/N-ethyl adjacent to an activating group) is 1. The Morgan fingerprint density at radius 2 is 1.90 bits per heavy atom. The van der Waals surface area contributed by atoms with E-state index in [2.05, 4.69) is 5.32 Å². The lowest BCUT2D eigenvalue weighted by Gasteiger charge is -2.24. The number of nitrogens with zero attached hydrogens (tertiary/aromatic N) is 2. The second kappa shape index (κ2) is 9.98. The third-order valence-corrected chi connectivity index (χ3v) is 2.82. The summed E-state index contributed by atoms with van der Waals surface area (Å²) < 4.78 is 4.98. The lowest BCUT2D eigenvalue weighted by Crippen LogP contribution is -2.47. The van der Waals surface area contributed by atoms with Crippen molar-refractivity contribution in [2.45, 2.75) is 25.9 Å². The maximum Gasteiger partial charge on any atom is 0.317 e. The first kappa shape index (κ1) is 19.2. The summed E-state index contributed by atoms with van der Waals surface area (Å²) in [5, 5.41) is 11.3. The zero-order chi connectivity index (χ0) is 16.4. The predicted molar refractivity (Wildman–Crippen MR) is 77.0 cm³/mol. The number of hydrogen-bond acceptors (Lipinski definition) is 4. The quantitative estimate of drug-likeness (QED) is 0.624. The molecule has 0 heterocycles. The van der Waals surface area contributed by atoms with Crippen LogP contribution in [0.25, 0.3) is 0 Å². The molecule has 0 saturated carbocycles. The van der Waals surface area contributed by atoms with Crippen molar-refractivity contribution in [3.05, 3.63) is 0 Å². The Morgan fingerprint density at radius 3 is 2.33 bits per heavy atom. The molecule has 1 atom stereocenters. The molecular weight excluding hydrogens is 278 g/mol. The smallest absolute Gasteiger partial charge is 0.317 e. The van der Waals surface area contributed by atoms with E-state index in [9.17, 15) is 14.4 Å². The molecule has 3 amide bonds. The van der Waals surface area contributed by atoms with Gasteiger partial charge < -0.3 is 25.0 Å². The van der Waals surface area contributed by atoms with Crippen molar-refractivity contribution in [3.63, 3.8) is 0 Å². The number of carboxylic acids is 1. The molecule has 0 saturated heterocycles. The van der Waals surface area contributed by atoms with Gasteiger partial charge in [-0.05, 0) is 6.42 Å². The first-order chi connectivity index (χ1) is 9.81. The molecule has 0 aliphatic carbocycles. The summed E-state index contributed by atoms with van der Waals surface area (Å²) >= 11 is 0. The topological polar surface area (TPSA) is 99.2 Å². The Balaban J connectivity index is 4.46. The highest BCUT2D eigenvalue weighted by Gasteiger charge is 2.19. The Kier molecular flexibility index (Phi) is 9.11. The fourth-order valence-corrected chi connectivity index (χ4v) is 1.57. The molecule has 122 valence electrons. The summed E-state index contributed by atoms with van der Waals surface area (Å²) in [6.07, 6.45) is -0.0718. The second-order valence-corrected chi connectivity index (χ2v) is 4.85. The van der Waals surface area contributed by atoms with E-state index in [1.807, 2.05) is 6.92 Å². The van der Waals surface area contributed by atoms with Crippen LogP contribution in [0.4, 0.5) is 4.79 Å². The number of ether oxygens (including phenoxy) is 1. The van der Waals surface area contributed by atoms with E-state index in [1.54, 1.807) is 14.1 Å². The van der Waals surface area contributed by atoms with Gasteiger partial charge in [0.05, 0.1) is 12.5 Å². The minimum atomic E-state index is -0.996. The highest BCUT2D eigenvalue weighted by molar-refractivity contribution is 5.83. The molecule has 2 N–H and O–H groups in total. The van der Waals surface area contributed by atoms with Crippen molar-refractivity contribution in [1.82, 2.24) is 15.1 Å². The van der Waals surface area contributed by atoms with Crippen LogP contribution in [0.5, 0.6) is 0 Å². The number of nitrogens with one attached hydrogen (secondary N) is 1. The molecule has 0 bridgehead atoms. The van der Waals surface area contributed by atoms with Crippen LogP contribution < -0.4 is 5.32 Å². The van der Waals surface area contributed by atoms with Gasteiger partial charge in [0, 0.05) is 34.3 Å². The van der Waals surface area contributed by atoms with Crippen LogP contribution in [-0.2, 0) is 14.3 Å². The van der Waals surface area contributed by atoms with Gasteiger partial charge in [-0.3, -0.25) is 9.59 Å². The maximum atomic E-state index is 12.0. The maximum absolute atomic E-state index is 12.0. The average molecular weight is 303 g/mol. The lowest BCUT2D eigenvalue weighted by atomic mass is 10.2. The minimum absolute atomic E-state index is 0.0107. The molecule has 0 radical (unpaired) electrons. The molecule has 0 rings (SSSR count). The van der Waals surface area contributed by atoms with Gasteiger partial charge in [0.25, 0.3) is 0 Å². The number of aliphatic carboxylic acids is 1. The fourth-order valence-electron chi connectivity index (χ4n) is 1.57. The third-order valence-electron chi connectivity index (χ3n) is 2.82. The summed E-state index contributed by atoms with van der Waals surface area (Å²) in [5.41, 5.74) is 0. The number of carbonyl (C=O) groups excluding carboxylic acids is 2. The van der Waals surface area contributed by atoms with Gasteiger partial charge in [-0.15, -0.1) is 0 Å². The molecule has 21 heavy (non-hydrogen) atoms. The van der Waals surface area contributed by atoms with Gasteiger partial charge in [0.2, 0.25) is 5.91 Å². The van der Waals surface area contributed by atoms with Crippen molar-refractivity contribution >= 4 is 17.9 Å². The van der Waals surface area contributed by atoms with Gasteiger partial charge in [0.15, 0.2) is 0 Å². The number of urea groups is 1. The van der Waals surface area contributed by atoms with Crippen molar-refractivity contribution in [2.24, 2.45) is 0 Å². The second-order valence-electron chi connectivity index (χ2n) is 4.85. The number of carbonyl (C=O) groups is 3. The molecule has 0 aromatic rings. The Bertz CT molecular complexity index is 360. The van der Waals surface area contributed by atoms with Crippen LogP contribution >= 0.6 is 0 Å². The summed E-state index contributed by atoms with van der Waals surface area (Å²) in [4.78, 5) is 37.1. The van der Waals surface area contributed by atoms with E-state index in [-0.39, 0.29) is 25.4 Å². The largest absolute Gasteiger partial charge is 0.481 e. The molecule has 0 aromatic carbocycles. The summed E-state index contributed by atoms with van der Waals surface area (Å²) in [6, 6.07) is -0.403. The molecule has 0 spiro atoms. The highest BCUT2D eigenvalue weighted by atomic mass is 16.5. The molecule has 0 aromatic heterocycles. The van der Waals surface area contributed by atoms with Crippen LogP contribution in [-0.4, -0.2) is 79.8 Å². The van der Waals surface area contributed by atoms with Crippen LogP contribution in [0.3, 0.4) is 0 Å². The highest BCUT2D eigenvalue weighted by Crippen LogP contribution is 1.98. The summed E-state index contributed by atoms with van der Waals surface area (Å²) in [5.74, 6) is -1.17. The number of carboxylic acid groups (broad SMARTS) is 1. The van der Waals surface area contributed by atoms with Crippen molar-refractivity contribution in [1.29, 1.82) is 0 Å². The number of hydrogen-bond donors (Lipinski definition) is 2. The van der Waals surface area contributed by atoms with Crippen molar-refractivity contribution < 1.29 is 24.2 Å². The minimum Gasteiger partial charge on any atom is -0.481 e. The molecule has 8 nitrogen and oxygen atoms in total. The number of rotatable bonds is 9. The number of methoxy groups -OCH3 is 1. The third kappa shape index (κ3) is 8.13. The normalized spacial score (nSPS) is 11.6. The van der Waals surface area contributed by atoms with E-state index in [0.717, 1.165) is 6.42 Å². The first-order valence-electron chi connectivity index (χ1n) is 6.79. The summed E-state index contributed by atoms with van der Waals surface area (Å²) in [6.45, 7) is 2.42. The van der Waals surface area contributed by atoms with Crippen molar-refractivity contribution in [2.75, 3.05) is 40.8 Å². The fraction of sp³-hybridized carbons (Fsp3) is 0.769. The SMILES string of the molecule is CCCN(CC(=O)N(C)C)C(=O)NCC(CC(=O)O)OC. The standard InChI is InChI=1S/C13H25N3O5/c1-5-6-16(9-11(17)15(2)3)13(20)14-8-10(21-4)7-12(18)19/h10H,5-9H2,1-4H3,(H,14,20)(H,18,19). The molecule has 0 fully saturated rings. The van der Waals surface area contributed by atoms with Gasteiger partial charge in [-0.25, -0.2) is 4.79 Å². The first-order valence-corrected chi connectivity index (χ1v) is 6.79. The van der Waals surface area contributed by atoms with E-state index < -0.39 is 18.1 Å². The van der Waals surface area contributed by atoms with Gasteiger partial charge in [0.1, 0.15) is 6.54 Å². The van der Waals surface area contributed by atoms with E-state index >= 15 is 0 Å². The van der Waals surface area contributed by atoms with Gasteiger partial charge in [-0.1, -0.05) is 6.92 Å². The van der Waals surface area contributed by atoms with Crippen LogP contribution in [0.2, 0.25) is 0 Å². The molecule has 0 aliphatic rings. The Labute approximate surface area is 125 Å². The van der Waals surface area contributed by atoms with E-state index in [4.69, 9.17) is 9.84 Å². The molecule has 8 heteroatoms. The van der Waals surface area contributed by atoms with Crippen molar-refractivity contribution in [3.8, 4) is 0 Å². The zero-order valence-electron chi connectivity index (χ0n) is 13.1. The summed E-state index contributed by atoms with van der Waals surface area (Å²) in [7, 11) is 4.63. The lowest BCUT2D eigenvalue weighted by molar-refractivity contribution is -0.139. The Hall–Kier alpha value is -1.83. The molecule has 0 aliphatic heterocycles. The van der Waals surface area contributed by atoms with Crippen LogP contribution in [0.1, 0.15) is 19.8 Å². The van der Waals surface area contributed by atoms with Crippen LogP contribution in [0, 0.1) is 0 Å². The zero-order valence-corrected chi connectivity index (χ0v) is 13.1. The molecular formula is C13H25N3O5. The number of amides is 3. The Morgan fingerprint density at radius 1 is 1.29 bits per heavy atom. The van der Waals surface area contributed by atoms with E-state index in [0.29, 0.717) is 6.54 Å². The predicted octanol–water partition coefficient (Wildman–Crippen LogP) is -0.0141. The van der Waals surface area contributed by atoms with E-state index in [1.165, 1.54) is 16.9 Å². The monoisotopic (exact) mass is 303 g/mol. The van der Waals surface area contributed by atoms with Gasteiger partial charge >= 0.3 is 12.0 Å².